The van der Waals surface area contributed by atoms with Crippen LogP contribution in [0.25, 0.3) is 21.7 Å². The summed E-state index contributed by atoms with van der Waals surface area (Å²) in [5.74, 6) is -0.230. The van der Waals surface area contributed by atoms with Crippen molar-refractivity contribution in [3.05, 3.63) is 83.9 Å². The molecule has 0 fully saturated rings. The van der Waals surface area contributed by atoms with Crippen LogP contribution in [0.5, 0.6) is 0 Å². The smallest absolute Gasteiger partial charge is 0.276 e. The van der Waals surface area contributed by atoms with Crippen LogP contribution in [-0.2, 0) is 0 Å². The van der Waals surface area contributed by atoms with Crippen LogP contribution in [0.3, 0.4) is 0 Å². The summed E-state index contributed by atoms with van der Waals surface area (Å²) in [5.41, 5.74) is 4.21. The molecule has 25 heavy (non-hydrogen) atoms. The van der Waals surface area contributed by atoms with Gasteiger partial charge in [-0.25, -0.2) is 0 Å². The van der Waals surface area contributed by atoms with E-state index in [-0.39, 0.29) is 5.91 Å². The van der Waals surface area contributed by atoms with Gasteiger partial charge in [0.2, 0.25) is 0 Å². The second-order valence-corrected chi connectivity index (χ2v) is 6.49. The molecular weight excluding hydrogens is 330 g/mol. The van der Waals surface area contributed by atoms with Gasteiger partial charge in [-0.1, -0.05) is 48.5 Å². The highest BCUT2D eigenvalue weighted by molar-refractivity contribution is 7.13. The van der Waals surface area contributed by atoms with Crippen LogP contribution in [0.1, 0.15) is 10.5 Å². The second-order valence-electron chi connectivity index (χ2n) is 5.54. The van der Waals surface area contributed by atoms with Crippen molar-refractivity contribution in [2.45, 2.75) is 0 Å². The fourth-order valence-corrected chi connectivity index (χ4v) is 3.26. The van der Waals surface area contributed by atoms with Crippen molar-refractivity contribution in [3.8, 4) is 21.7 Å². The first kappa shape index (κ1) is 15.4. The SMILES string of the molecule is O=C(Nc1ccc(-c2ccccc2)cc1)c1cc(-c2cccs2)[nH]n1. The minimum Gasteiger partial charge on any atom is -0.321 e. The van der Waals surface area contributed by atoms with Gasteiger partial charge < -0.3 is 5.32 Å². The molecule has 2 aromatic carbocycles. The third kappa shape index (κ3) is 3.36. The molecule has 5 heteroatoms. The van der Waals surface area contributed by atoms with Gasteiger partial charge in [-0.05, 0) is 40.8 Å². The van der Waals surface area contributed by atoms with Gasteiger partial charge in [0.1, 0.15) is 0 Å². The molecule has 0 unspecified atom stereocenters. The summed E-state index contributed by atoms with van der Waals surface area (Å²) in [6.07, 6.45) is 0. The molecule has 4 aromatic rings. The Morgan fingerprint density at radius 1 is 0.920 bits per heavy atom. The van der Waals surface area contributed by atoms with E-state index < -0.39 is 0 Å². The molecule has 1 amide bonds. The van der Waals surface area contributed by atoms with Crippen molar-refractivity contribution in [2.24, 2.45) is 0 Å². The second kappa shape index (κ2) is 6.75. The topological polar surface area (TPSA) is 57.8 Å². The lowest BCUT2D eigenvalue weighted by Crippen LogP contribution is -2.12. The molecule has 0 bridgehead atoms. The van der Waals surface area contributed by atoms with Crippen LogP contribution in [-0.4, -0.2) is 16.1 Å². The normalized spacial score (nSPS) is 10.6. The number of hydrogen-bond donors (Lipinski definition) is 2. The van der Waals surface area contributed by atoms with Crippen molar-refractivity contribution < 1.29 is 4.79 Å². The number of hydrogen-bond acceptors (Lipinski definition) is 3. The Balaban J connectivity index is 1.48. The first-order chi connectivity index (χ1) is 12.3. The Morgan fingerprint density at radius 2 is 1.68 bits per heavy atom. The summed E-state index contributed by atoms with van der Waals surface area (Å²) < 4.78 is 0. The van der Waals surface area contributed by atoms with Crippen molar-refractivity contribution in [3.63, 3.8) is 0 Å². The van der Waals surface area contributed by atoms with Gasteiger partial charge in [-0.2, -0.15) is 5.10 Å². The van der Waals surface area contributed by atoms with Gasteiger partial charge in [0, 0.05) is 5.69 Å². The lowest BCUT2D eigenvalue weighted by molar-refractivity contribution is 0.102. The molecule has 122 valence electrons. The number of anilines is 1. The molecule has 0 radical (unpaired) electrons. The highest BCUT2D eigenvalue weighted by Crippen LogP contribution is 2.24. The summed E-state index contributed by atoms with van der Waals surface area (Å²) in [4.78, 5) is 13.4. The number of carbonyl (C=O) groups excluding carboxylic acids is 1. The number of H-pyrrole nitrogens is 1. The summed E-state index contributed by atoms with van der Waals surface area (Å²) in [5, 5.41) is 11.9. The van der Waals surface area contributed by atoms with Gasteiger partial charge in [-0.3, -0.25) is 9.89 Å². The number of nitrogens with one attached hydrogen (secondary N) is 2. The molecule has 0 aliphatic heterocycles. The van der Waals surface area contributed by atoms with E-state index in [9.17, 15) is 4.79 Å². The number of thiophene rings is 1. The zero-order chi connectivity index (χ0) is 17.1. The Bertz CT molecular complexity index is 973. The summed E-state index contributed by atoms with van der Waals surface area (Å²) in [6.45, 7) is 0. The maximum Gasteiger partial charge on any atom is 0.276 e. The van der Waals surface area contributed by atoms with Crippen molar-refractivity contribution in [1.82, 2.24) is 10.2 Å². The fraction of sp³-hybridized carbons (Fsp3) is 0. The van der Waals surface area contributed by atoms with Gasteiger partial charge in [-0.15, -0.1) is 11.3 Å². The van der Waals surface area contributed by atoms with E-state index in [4.69, 9.17) is 0 Å². The number of aromatic nitrogens is 2. The maximum atomic E-state index is 12.4. The van der Waals surface area contributed by atoms with Crippen LogP contribution >= 0.6 is 11.3 Å². The number of benzene rings is 2. The van der Waals surface area contributed by atoms with Gasteiger partial charge in [0.05, 0.1) is 10.6 Å². The van der Waals surface area contributed by atoms with Crippen molar-refractivity contribution in [1.29, 1.82) is 0 Å². The summed E-state index contributed by atoms with van der Waals surface area (Å²) >= 11 is 1.60. The van der Waals surface area contributed by atoms with Crippen LogP contribution in [0, 0.1) is 0 Å². The Morgan fingerprint density at radius 3 is 2.40 bits per heavy atom. The highest BCUT2D eigenvalue weighted by atomic mass is 32.1. The van der Waals surface area contributed by atoms with Crippen LogP contribution < -0.4 is 5.32 Å². The minimum absolute atomic E-state index is 0.230. The van der Waals surface area contributed by atoms with Gasteiger partial charge in [0.15, 0.2) is 5.69 Å². The number of aromatic amines is 1. The molecule has 0 aliphatic rings. The third-order valence-electron chi connectivity index (χ3n) is 3.85. The monoisotopic (exact) mass is 345 g/mol. The van der Waals surface area contributed by atoms with Gasteiger partial charge >= 0.3 is 0 Å². The van der Waals surface area contributed by atoms with E-state index in [0.717, 1.165) is 27.4 Å². The first-order valence-electron chi connectivity index (χ1n) is 7.86. The van der Waals surface area contributed by atoms with Crippen molar-refractivity contribution in [2.75, 3.05) is 5.32 Å². The molecule has 2 aromatic heterocycles. The molecular formula is C20H15N3OS. The Hall–Kier alpha value is -3.18. The minimum atomic E-state index is -0.230. The largest absolute Gasteiger partial charge is 0.321 e. The van der Waals surface area contributed by atoms with E-state index in [1.807, 2.05) is 60.0 Å². The average molecular weight is 345 g/mol. The maximum absolute atomic E-state index is 12.4. The predicted octanol–water partition coefficient (Wildman–Crippen LogP) is 5.06. The molecule has 0 saturated carbocycles. The standard InChI is InChI=1S/C20H15N3OS/c24-20(18-13-17(22-23-18)19-7-4-12-25-19)21-16-10-8-15(9-11-16)14-5-2-1-3-6-14/h1-13H,(H,21,24)(H,22,23). The van der Waals surface area contributed by atoms with E-state index in [1.165, 1.54) is 0 Å². The molecule has 4 nitrogen and oxygen atoms in total. The molecule has 4 rings (SSSR count). The molecule has 0 spiro atoms. The lowest BCUT2D eigenvalue weighted by atomic mass is 10.1. The first-order valence-corrected chi connectivity index (χ1v) is 8.74. The summed E-state index contributed by atoms with van der Waals surface area (Å²) in [6, 6.07) is 23.6. The summed E-state index contributed by atoms with van der Waals surface area (Å²) in [7, 11) is 0. The van der Waals surface area contributed by atoms with E-state index in [0.29, 0.717) is 5.69 Å². The quantitative estimate of drug-likeness (QED) is 0.543. The number of amides is 1. The van der Waals surface area contributed by atoms with E-state index in [1.54, 1.807) is 17.4 Å². The molecule has 2 N–H and O–H groups in total. The number of nitrogens with zero attached hydrogens (tertiary/aromatic N) is 1. The lowest BCUT2D eigenvalue weighted by Gasteiger charge is -2.05. The zero-order valence-corrected chi connectivity index (χ0v) is 14.1. The number of carbonyl (C=O) groups is 1. The van der Waals surface area contributed by atoms with Crippen LogP contribution in [0.4, 0.5) is 5.69 Å². The van der Waals surface area contributed by atoms with E-state index in [2.05, 4.69) is 27.6 Å². The van der Waals surface area contributed by atoms with Crippen LogP contribution in [0.15, 0.2) is 78.2 Å². The van der Waals surface area contributed by atoms with Gasteiger partial charge in [0.25, 0.3) is 5.91 Å². The molecule has 0 aliphatic carbocycles. The predicted molar refractivity (Wildman–Crippen MR) is 102 cm³/mol. The van der Waals surface area contributed by atoms with Crippen molar-refractivity contribution >= 4 is 22.9 Å². The molecule has 0 saturated heterocycles. The highest BCUT2D eigenvalue weighted by Gasteiger charge is 2.12. The number of rotatable bonds is 4. The zero-order valence-electron chi connectivity index (χ0n) is 13.3. The Labute approximate surface area is 149 Å². The molecule has 2 heterocycles. The third-order valence-corrected chi connectivity index (χ3v) is 4.75. The fourth-order valence-electron chi connectivity index (χ4n) is 2.57. The molecule has 0 atom stereocenters. The average Bonchev–Trinajstić information content (AvgIpc) is 3.35. The van der Waals surface area contributed by atoms with E-state index >= 15 is 0 Å². The van der Waals surface area contributed by atoms with Crippen LogP contribution in [0.2, 0.25) is 0 Å². The Kier molecular flexibility index (Phi) is 4.14.